The number of ether oxygens (including phenoxy) is 4. The summed E-state index contributed by atoms with van der Waals surface area (Å²) in [6.45, 7) is 4.61. The third-order valence-corrected chi connectivity index (χ3v) is 5.96. The third-order valence-electron chi connectivity index (χ3n) is 5.96. The van der Waals surface area contributed by atoms with E-state index in [1.807, 2.05) is 37.3 Å². The molecule has 31 heavy (non-hydrogen) atoms. The molecule has 1 N–H and O–H groups in total. The van der Waals surface area contributed by atoms with E-state index in [-0.39, 0.29) is 11.3 Å². The van der Waals surface area contributed by atoms with Gasteiger partial charge in [-0.25, -0.2) is 0 Å². The van der Waals surface area contributed by atoms with Gasteiger partial charge in [0.1, 0.15) is 5.75 Å². The highest BCUT2D eigenvalue weighted by Crippen LogP contribution is 2.35. The van der Waals surface area contributed by atoms with Crippen molar-refractivity contribution in [1.29, 1.82) is 0 Å². The predicted octanol–water partition coefficient (Wildman–Crippen LogP) is 3.90. The summed E-state index contributed by atoms with van der Waals surface area (Å²) < 4.78 is 22.0. The first-order valence-corrected chi connectivity index (χ1v) is 10.9. The molecule has 1 fully saturated rings. The van der Waals surface area contributed by atoms with Crippen molar-refractivity contribution in [1.82, 2.24) is 5.32 Å². The maximum absolute atomic E-state index is 12.7. The number of nitrogens with one attached hydrogen (secondary N) is 1. The summed E-state index contributed by atoms with van der Waals surface area (Å²) in [6.07, 6.45) is 2.74. The maximum atomic E-state index is 12.7. The van der Waals surface area contributed by atoms with Gasteiger partial charge in [-0.3, -0.25) is 4.79 Å². The first kappa shape index (κ1) is 22.9. The van der Waals surface area contributed by atoms with Gasteiger partial charge in [0.2, 0.25) is 5.91 Å². The Morgan fingerprint density at radius 3 is 2.45 bits per heavy atom. The number of rotatable bonds is 10. The summed E-state index contributed by atoms with van der Waals surface area (Å²) >= 11 is 0. The number of amides is 1. The molecule has 1 heterocycles. The van der Waals surface area contributed by atoms with Gasteiger partial charge >= 0.3 is 0 Å². The summed E-state index contributed by atoms with van der Waals surface area (Å²) in [4.78, 5) is 12.7. The number of hydrogen-bond donors (Lipinski definition) is 1. The van der Waals surface area contributed by atoms with Gasteiger partial charge in [-0.2, -0.15) is 0 Å². The van der Waals surface area contributed by atoms with Gasteiger partial charge in [-0.15, -0.1) is 0 Å². The van der Waals surface area contributed by atoms with E-state index >= 15 is 0 Å². The van der Waals surface area contributed by atoms with Crippen molar-refractivity contribution in [2.45, 2.75) is 38.0 Å². The predicted molar refractivity (Wildman–Crippen MR) is 120 cm³/mol. The molecule has 0 atom stereocenters. The zero-order valence-electron chi connectivity index (χ0n) is 18.7. The van der Waals surface area contributed by atoms with E-state index in [0.717, 1.165) is 24.2 Å². The van der Waals surface area contributed by atoms with Gasteiger partial charge in [0.15, 0.2) is 11.5 Å². The SMILES string of the molecule is CCOc1ccc(C2(CNC(=O)CCc3cccc(OC)c3OC)CCOCC2)cc1. The van der Waals surface area contributed by atoms with Crippen LogP contribution in [-0.2, 0) is 21.4 Å². The molecule has 0 unspecified atom stereocenters. The van der Waals surface area contributed by atoms with Crippen LogP contribution in [0.4, 0.5) is 0 Å². The molecular weight excluding hydrogens is 394 g/mol. The second kappa shape index (κ2) is 11.0. The van der Waals surface area contributed by atoms with Gasteiger partial charge < -0.3 is 24.3 Å². The first-order valence-electron chi connectivity index (χ1n) is 10.9. The molecule has 2 aromatic rings. The summed E-state index contributed by atoms with van der Waals surface area (Å²) in [5.74, 6) is 2.26. The van der Waals surface area contributed by atoms with Crippen molar-refractivity contribution >= 4 is 5.91 Å². The Balaban J connectivity index is 1.63. The number of carbonyl (C=O) groups is 1. The summed E-state index contributed by atoms with van der Waals surface area (Å²) in [5, 5.41) is 3.17. The number of methoxy groups -OCH3 is 2. The summed E-state index contributed by atoms with van der Waals surface area (Å²) in [6, 6.07) is 14.0. The lowest BCUT2D eigenvalue weighted by molar-refractivity contribution is -0.121. The molecule has 2 aromatic carbocycles. The molecule has 0 aromatic heterocycles. The Morgan fingerprint density at radius 2 is 1.81 bits per heavy atom. The van der Waals surface area contributed by atoms with Crippen molar-refractivity contribution in [3.8, 4) is 17.2 Å². The molecule has 6 heteroatoms. The average Bonchev–Trinajstić information content (AvgIpc) is 2.82. The molecule has 0 radical (unpaired) electrons. The molecule has 1 aliphatic heterocycles. The van der Waals surface area contributed by atoms with Gasteiger partial charge in [0.25, 0.3) is 0 Å². The second-order valence-electron chi connectivity index (χ2n) is 7.78. The van der Waals surface area contributed by atoms with Crippen LogP contribution < -0.4 is 19.5 Å². The molecule has 168 valence electrons. The zero-order chi connectivity index (χ0) is 22.1. The smallest absolute Gasteiger partial charge is 0.220 e. The Kier molecular flexibility index (Phi) is 8.18. The highest BCUT2D eigenvalue weighted by molar-refractivity contribution is 5.76. The van der Waals surface area contributed by atoms with Crippen LogP contribution >= 0.6 is 0 Å². The minimum absolute atomic E-state index is 0.0293. The molecule has 1 amide bonds. The van der Waals surface area contributed by atoms with E-state index in [1.165, 1.54) is 5.56 Å². The highest BCUT2D eigenvalue weighted by Gasteiger charge is 2.34. The Morgan fingerprint density at radius 1 is 1.06 bits per heavy atom. The van der Waals surface area contributed by atoms with Crippen LogP contribution in [0.15, 0.2) is 42.5 Å². The third kappa shape index (κ3) is 5.70. The van der Waals surface area contributed by atoms with Gasteiger partial charge in [0.05, 0.1) is 20.8 Å². The van der Waals surface area contributed by atoms with Crippen LogP contribution in [0.2, 0.25) is 0 Å². The largest absolute Gasteiger partial charge is 0.494 e. The van der Waals surface area contributed by atoms with Crippen molar-refractivity contribution in [3.63, 3.8) is 0 Å². The van der Waals surface area contributed by atoms with E-state index in [2.05, 4.69) is 17.4 Å². The van der Waals surface area contributed by atoms with Gasteiger partial charge in [0, 0.05) is 31.6 Å². The topological polar surface area (TPSA) is 66.0 Å². The van der Waals surface area contributed by atoms with Gasteiger partial charge in [-0.1, -0.05) is 24.3 Å². The lowest BCUT2D eigenvalue weighted by Gasteiger charge is -2.38. The van der Waals surface area contributed by atoms with Crippen molar-refractivity contribution < 1.29 is 23.7 Å². The number of para-hydroxylation sites is 1. The van der Waals surface area contributed by atoms with E-state index in [1.54, 1.807) is 14.2 Å². The lowest BCUT2D eigenvalue weighted by atomic mass is 9.74. The molecule has 1 aliphatic rings. The summed E-state index contributed by atoms with van der Waals surface area (Å²) in [5.41, 5.74) is 2.06. The van der Waals surface area contributed by atoms with Crippen LogP contribution in [0, 0.1) is 0 Å². The molecule has 3 rings (SSSR count). The Hall–Kier alpha value is -2.73. The van der Waals surface area contributed by atoms with Crippen LogP contribution in [0.5, 0.6) is 17.2 Å². The molecule has 0 bridgehead atoms. The fourth-order valence-electron chi connectivity index (χ4n) is 4.16. The van der Waals surface area contributed by atoms with Crippen LogP contribution in [0.1, 0.15) is 37.3 Å². The Labute approximate surface area is 184 Å². The van der Waals surface area contributed by atoms with E-state index in [0.29, 0.717) is 50.7 Å². The average molecular weight is 428 g/mol. The standard InChI is InChI=1S/C25H33NO5/c1-4-31-21-11-9-20(10-12-21)25(14-16-30-17-15-25)18-26-23(27)13-8-19-6-5-7-22(28-2)24(19)29-3/h5-7,9-12H,4,8,13-18H2,1-3H3,(H,26,27). The number of benzene rings is 2. The fraction of sp³-hybridized carbons (Fsp3) is 0.480. The molecule has 1 saturated heterocycles. The van der Waals surface area contributed by atoms with E-state index in [4.69, 9.17) is 18.9 Å². The highest BCUT2D eigenvalue weighted by atomic mass is 16.5. The minimum Gasteiger partial charge on any atom is -0.494 e. The first-order chi connectivity index (χ1) is 15.1. The fourth-order valence-corrected chi connectivity index (χ4v) is 4.16. The second-order valence-corrected chi connectivity index (χ2v) is 7.78. The monoisotopic (exact) mass is 427 g/mol. The molecule has 0 saturated carbocycles. The zero-order valence-corrected chi connectivity index (χ0v) is 18.7. The quantitative estimate of drug-likeness (QED) is 0.623. The summed E-state index contributed by atoms with van der Waals surface area (Å²) in [7, 11) is 3.23. The van der Waals surface area contributed by atoms with Crippen LogP contribution in [-0.4, -0.2) is 46.5 Å². The molecule has 0 spiro atoms. The number of carbonyl (C=O) groups excluding carboxylic acids is 1. The van der Waals surface area contributed by atoms with Crippen molar-refractivity contribution in [2.24, 2.45) is 0 Å². The molecule has 0 aliphatic carbocycles. The lowest BCUT2D eigenvalue weighted by Crippen LogP contribution is -2.44. The number of aryl methyl sites for hydroxylation is 1. The van der Waals surface area contributed by atoms with Crippen LogP contribution in [0.25, 0.3) is 0 Å². The normalized spacial score (nSPS) is 15.2. The van der Waals surface area contributed by atoms with Crippen molar-refractivity contribution in [2.75, 3.05) is 40.6 Å². The van der Waals surface area contributed by atoms with Gasteiger partial charge in [-0.05, 0) is 55.5 Å². The van der Waals surface area contributed by atoms with Crippen molar-refractivity contribution in [3.05, 3.63) is 53.6 Å². The van der Waals surface area contributed by atoms with Crippen LogP contribution in [0.3, 0.4) is 0 Å². The van der Waals surface area contributed by atoms with E-state index < -0.39 is 0 Å². The molecular formula is C25H33NO5. The van der Waals surface area contributed by atoms with E-state index in [9.17, 15) is 4.79 Å². The molecule has 6 nitrogen and oxygen atoms in total. The Bertz CT molecular complexity index is 843. The maximum Gasteiger partial charge on any atom is 0.220 e. The minimum atomic E-state index is -0.119. The number of hydrogen-bond acceptors (Lipinski definition) is 5.